The van der Waals surface area contributed by atoms with E-state index in [2.05, 4.69) is 16.0 Å². The Bertz CT molecular complexity index is 1290. The van der Waals surface area contributed by atoms with E-state index in [9.17, 15) is 9.18 Å². The van der Waals surface area contributed by atoms with Gasteiger partial charge in [0.05, 0.1) is 29.6 Å². The third-order valence-corrected chi connectivity index (χ3v) is 6.68. The summed E-state index contributed by atoms with van der Waals surface area (Å²) in [5, 5.41) is 0. The number of aromatic amines is 1. The van der Waals surface area contributed by atoms with Gasteiger partial charge in [0.25, 0.3) is 0 Å². The maximum atomic E-state index is 14.2. The smallest absolute Gasteiger partial charge is 0.415 e. The normalized spacial score (nSPS) is 23.2. The summed E-state index contributed by atoms with van der Waals surface area (Å²) in [6.45, 7) is 0.383. The van der Waals surface area contributed by atoms with E-state index in [0.717, 1.165) is 48.2 Å². The Hall–Kier alpha value is -3.68. The number of fused-ring (bicyclic) bond motifs is 1. The topological polar surface area (TPSA) is 76.0 Å². The molecule has 8 heteroatoms. The number of halogens is 1. The Kier molecular flexibility index (Phi) is 4.28. The standard InChI is InChI=1S/C24H22FN5O2/c25-18-3-1-2-4-21(18)30-14-24(32-23(30)31)9-7-16(8-10-24)22-27-19-6-5-17(13-20(19)28-22)29-12-11-26-15-29/h1-6,11-13,15-16H,7-10,14H2,(H,27,28)/t16-,24-. The summed E-state index contributed by atoms with van der Waals surface area (Å²) in [4.78, 5) is 26.3. The van der Waals surface area contributed by atoms with Crippen LogP contribution in [0.25, 0.3) is 16.7 Å². The van der Waals surface area contributed by atoms with Crippen molar-refractivity contribution >= 4 is 22.8 Å². The minimum atomic E-state index is -0.559. The van der Waals surface area contributed by atoms with Crippen molar-refractivity contribution in [3.8, 4) is 5.69 Å². The molecule has 0 bridgehead atoms. The number of anilines is 1. The first-order valence-corrected chi connectivity index (χ1v) is 10.8. The highest BCUT2D eigenvalue weighted by molar-refractivity contribution is 5.90. The number of para-hydroxylation sites is 1. The van der Waals surface area contributed by atoms with Crippen LogP contribution in [0.15, 0.2) is 61.2 Å². The molecule has 2 aromatic carbocycles. The molecule has 1 amide bonds. The van der Waals surface area contributed by atoms with Crippen molar-refractivity contribution in [3.05, 3.63) is 72.8 Å². The van der Waals surface area contributed by atoms with E-state index in [4.69, 9.17) is 9.72 Å². The van der Waals surface area contributed by atoms with Gasteiger partial charge in [-0.1, -0.05) is 12.1 Å². The number of ether oxygens (including phenoxy) is 1. The van der Waals surface area contributed by atoms with Gasteiger partial charge >= 0.3 is 6.09 Å². The highest BCUT2D eigenvalue weighted by atomic mass is 19.1. The summed E-state index contributed by atoms with van der Waals surface area (Å²) < 4.78 is 22.0. The van der Waals surface area contributed by atoms with Gasteiger partial charge in [0.15, 0.2) is 0 Å². The molecule has 32 heavy (non-hydrogen) atoms. The fourth-order valence-corrected chi connectivity index (χ4v) is 4.94. The van der Waals surface area contributed by atoms with Crippen LogP contribution in [0.2, 0.25) is 0 Å². The average molecular weight is 431 g/mol. The molecule has 2 fully saturated rings. The highest BCUT2D eigenvalue weighted by Gasteiger charge is 2.48. The van der Waals surface area contributed by atoms with Crippen LogP contribution < -0.4 is 4.90 Å². The predicted octanol–water partition coefficient (Wildman–Crippen LogP) is 4.94. The van der Waals surface area contributed by atoms with Crippen molar-refractivity contribution in [1.29, 1.82) is 0 Å². The first-order valence-electron chi connectivity index (χ1n) is 10.8. The van der Waals surface area contributed by atoms with Gasteiger partial charge in [0.2, 0.25) is 0 Å². The number of nitrogens with zero attached hydrogens (tertiary/aromatic N) is 4. The zero-order chi connectivity index (χ0) is 21.7. The Labute approximate surface area is 183 Å². The third-order valence-electron chi connectivity index (χ3n) is 6.68. The molecule has 1 aliphatic carbocycles. The molecule has 1 saturated carbocycles. The molecule has 1 saturated heterocycles. The second kappa shape index (κ2) is 7.19. The average Bonchev–Trinajstić information content (AvgIpc) is 3.53. The van der Waals surface area contributed by atoms with Gasteiger partial charge in [-0.2, -0.15) is 0 Å². The lowest BCUT2D eigenvalue weighted by molar-refractivity contribution is 0.0208. The van der Waals surface area contributed by atoms with Gasteiger partial charge in [0, 0.05) is 24.0 Å². The molecule has 2 aromatic heterocycles. The number of benzene rings is 2. The summed E-state index contributed by atoms with van der Waals surface area (Å²) in [6.07, 6.45) is 8.13. The van der Waals surface area contributed by atoms with Crippen LogP contribution in [0, 0.1) is 5.82 Å². The number of amides is 1. The van der Waals surface area contributed by atoms with E-state index in [1.54, 1.807) is 30.7 Å². The van der Waals surface area contributed by atoms with E-state index in [-0.39, 0.29) is 11.6 Å². The van der Waals surface area contributed by atoms with Crippen LogP contribution in [-0.2, 0) is 4.74 Å². The van der Waals surface area contributed by atoms with Crippen LogP contribution in [0.4, 0.5) is 14.9 Å². The van der Waals surface area contributed by atoms with E-state index >= 15 is 0 Å². The van der Waals surface area contributed by atoms with Crippen molar-refractivity contribution < 1.29 is 13.9 Å². The Balaban J connectivity index is 1.19. The van der Waals surface area contributed by atoms with Crippen LogP contribution in [0.1, 0.15) is 37.4 Å². The molecule has 0 unspecified atom stereocenters. The monoisotopic (exact) mass is 431 g/mol. The van der Waals surface area contributed by atoms with Crippen molar-refractivity contribution in [1.82, 2.24) is 19.5 Å². The summed E-state index contributed by atoms with van der Waals surface area (Å²) in [5.74, 6) is 0.825. The van der Waals surface area contributed by atoms with Crippen LogP contribution >= 0.6 is 0 Å². The second-order valence-corrected chi connectivity index (χ2v) is 8.66. The molecule has 7 nitrogen and oxygen atoms in total. The Morgan fingerprint density at radius 2 is 2.00 bits per heavy atom. The maximum Gasteiger partial charge on any atom is 0.415 e. The van der Waals surface area contributed by atoms with E-state index in [0.29, 0.717) is 6.54 Å². The summed E-state index contributed by atoms with van der Waals surface area (Å²) in [6, 6.07) is 12.4. The number of hydrogen-bond acceptors (Lipinski definition) is 4. The molecule has 162 valence electrons. The molecule has 4 aromatic rings. The molecule has 1 N–H and O–H groups in total. The van der Waals surface area contributed by atoms with E-state index in [1.807, 2.05) is 22.9 Å². The van der Waals surface area contributed by atoms with Gasteiger partial charge in [-0.15, -0.1) is 0 Å². The second-order valence-electron chi connectivity index (χ2n) is 8.66. The molecule has 3 heterocycles. The van der Waals surface area contributed by atoms with E-state index < -0.39 is 17.5 Å². The van der Waals surface area contributed by atoms with Crippen molar-refractivity contribution in [2.24, 2.45) is 0 Å². The fourth-order valence-electron chi connectivity index (χ4n) is 4.94. The predicted molar refractivity (Wildman–Crippen MR) is 117 cm³/mol. The number of carbonyl (C=O) groups is 1. The molecule has 0 atom stereocenters. The number of aromatic nitrogens is 4. The Morgan fingerprint density at radius 3 is 2.78 bits per heavy atom. The molecule has 2 aliphatic rings. The first kappa shape index (κ1) is 19.0. The van der Waals surface area contributed by atoms with Gasteiger partial charge < -0.3 is 14.3 Å². The lowest BCUT2D eigenvalue weighted by Crippen LogP contribution is -2.38. The zero-order valence-electron chi connectivity index (χ0n) is 17.4. The minimum absolute atomic E-state index is 0.269. The number of rotatable bonds is 3. The number of carbonyl (C=O) groups excluding carboxylic acids is 1. The van der Waals surface area contributed by atoms with Crippen molar-refractivity contribution in [3.63, 3.8) is 0 Å². The highest BCUT2D eigenvalue weighted by Crippen LogP contribution is 2.44. The Morgan fingerprint density at radius 1 is 1.16 bits per heavy atom. The number of H-pyrrole nitrogens is 1. The SMILES string of the molecule is O=C1O[C@]2(CC[C@H](c3nc4ccc(-n5ccnc5)cc4[nH]3)CC2)CN1c1ccccc1F. The molecule has 1 spiro atoms. The van der Waals surface area contributed by atoms with Crippen LogP contribution in [0.5, 0.6) is 0 Å². The fraction of sp³-hybridized carbons (Fsp3) is 0.292. The summed E-state index contributed by atoms with van der Waals surface area (Å²) >= 11 is 0. The summed E-state index contributed by atoms with van der Waals surface area (Å²) in [5.41, 5.74) is 2.67. The lowest BCUT2D eigenvalue weighted by Gasteiger charge is -2.34. The van der Waals surface area contributed by atoms with E-state index in [1.165, 1.54) is 11.0 Å². The largest absolute Gasteiger partial charge is 0.441 e. The quantitative estimate of drug-likeness (QED) is 0.498. The van der Waals surface area contributed by atoms with Gasteiger partial charge in [-0.05, 0) is 56.0 Å². The first-order chi connectivity index (χ1) is 15.6. The number of imidazole rings is 2. The van der Waals surface area contributed by atoms with Crippen molar-refractivity contribution in [2.45, 2.75) is 37.2 Å². The van der Waals surface area contributed by atoms with Crippen molar-refractivity contribution in [2.75, 3.05) is 11.4 Å². The van der Waals surface area contributed by atoms with Crippen LogP contribution in [-0.4, -0.2) is 37.8 Å². The number of nitrogens with one attached hydrogen (secondary N) is 1. The van der Waals surface area contributed by atoms with Gasteiger partial charge in [-0.3, -0.25) is 4.90 Å². The zero-order valence-corrected chi connectivity index (χ0v) is 17.4. The molecular weight excluding hydrogens is 409 g/mol. The maximum absolute atomic E-state index is 14.2. The van der Waals surface area contributed by atoms with Crippen LogP contribution in [0.3, 0.4) is 0 Å². The van der Waals surface area contributed by atoms with Gasteiger partial charge in [0.1, 0.15) is 17.2 Å². The third kappa shape index (κ3) is 3.14. The number of hydrogen-bond donors (Lipinski definition) is 1. The molecule has 1 aliphatic heterocycles. The van der Waals surface area contributed by atoms with Gasteiger partial charge in [-0.25, -0.2) is 19.2 Å². The molecule has 6 rings (SSSR count). The minimum Gasteiger partial charge on any atom is -0.441 e. The molecule has 0 radical (unpaired) electrons. The molecular formula is C24H22FN5O2. The lowest BCUT2D eigenvalue weighted by atomic mass is 9.78. The summed E-state index contributed by atoms with van der Waals surface area (Å²) in [7, 11) is 0.